The summed E-state index contributed by atoms with van der Waals surface area (Å²) >= 11 is 0. The molecule has 6 nitrogen and oxygen atoms in total. The molecule has 2 aliphatic rings. The zero-order chi connectivity index (χ0) is 14.3. The Hall–Kier alpha value is -1.37. The summed E-state index contributed by atoms with van der Waals surface area (Å²) < 4.78 is 30.1. The molecule has 20 heavy (non-hydrogen) atoms. The number of hydrogen-bond acceptors (Lipinski definition) is 5. The van der Waals surface area contributed by atoms with Gasteiger partial charge in [-0.3, -0.25) is 0 Å². The van der Waals surface area contributed by atoms with Crippen LogP contribution in [0.5, 0.6) is 0 Å². The van der Waals surface area contributed by atoms with Crippen LogP contribution in [0.4, 0.5) is 0 Å². The summed E-state index contributed by atoms with van der Waals surface area (Å²) in [5.41, 5.74) is 1.01. The van der Waals surface area contributed by atoms with E-state index >= 15 is 0 Å². The van der Waals surface area contributed by atoms with Gasteiger partial charge in [0.15, 0.2) is 9.84 Å². The molecule has 7 heteroatoms. The third kappa shape index (κ3) is 2.24. The van der Waals surface area contributed by atoms with Crippen LogP contribution in [0.15, 0.2) is 6.20 Å². The number of ether oxygens (including phenoxy) is 1. The molecule has 1 aromatic rings. The van der Waals surface area contributed by atoms with Gasteiger partial charge in [0.05, 0.1) is 18.6 Å². The van der Waals surface area contributed by atoms with Crippen LogP contribution in [0.2, 0.25) is 0 Å². The van der Waals surface area contributed by atoms with E-state index in [1.165, 1.54) is 7.11 Å². The fraction of sp³-hybridized carbons (Fsp3) is 0.692. The minimum atomic E-state index is -2.96. The van der Waals surface area contributed by atoms with E-state index in [0.717, 1.165) is 30.8 Å². The van der Waals surface area contributed by atoms with Gasteiger partial charge < -0.3 is 9.30 Å². The molecule has 0 amide bonds. The Balaban J connectivity index is 1.98. The van der Waals surface area contributed by atoms with Gasteiger partial charge in [-0.05, 0) is 25.7 Å². The highest BCUT2D eigenvalue weighted by molar-refractivity contribution is 7.91. The van der Waals surface area contributed by atoms with Crippen molar-refractivity contribution in [1.29, 1.82) is 0 Å². The molecule has 0 saturated carbocycles. The van der Waals surface area contributed by atoms with E-state index in [0.29, 0.717) is 6.42 Å². The Morgan fingerprint density at radius 2 is 2.25 bits per heavy atom. The number of aryl methyl sites for hydroxylation is 1. The van der Waals surface area contributed by atoms with E-state index in [4.69, 9.17) is 4.74 Å². The van der Waals surface area contributed by atoms with Gasteiger partial charge in [-0.15, -0.1) is 0 Å². The Labute approximate surface area is 118 Å². The highest BCUT2D eigenvalue weighted by atomic mass is 32.2. The van der Waals surface area contributed by atoms with E-state index in [-0.39, 0.29) is 29.4 Å². The third-order valence-electron chi connectivity index (χ3n) is 4.20. The number of aromatic nitrogens is 2. The number of carbonyl (C=O) groups excluding carboxylic acids is 1. The van der Waals surface area contributed by atoms with Crippen LogP contribution < -0.4 is 0 Å². The molecular weight excluding hydrogens is 280 g/mol. The van der Waals surface area contributed by atoms with Gasteiger partial charge in [-0.1, -0.05) is 0 Å². The molecular formula is C13H18N2O4S. The van der Waals surface area contributed by atoms with Crippen molar-refractivity contribution < 1.29 is 17.9 Å². The van der Waals surface area contributed by atoms with Crippen molar-refractivity contribution in [3.63, 3.8) is 0 Å². The second-order valence-electron chi connectivity index (χ2n) is 5.51. The molecule has 0 radical (unpaired) electrons. The Kier molecular flexibility index (Phi) is 3.32. The molecule has 0 aliphatic carbocycles. The first-order chi connectivity index (χ1) is 9.52. The first-order valence-electron chi connectivity index (χ1n) is 6.86. The predicted octanol–water partition coefficient (Wildman–Crippen LogP) is 0.836. The van der Waals surface area contributed by atoms with E-state index in [9.17, 15) is 13.2 Å². The van der Waals surface area contributed by atoms with Crippen LogP contribution in [0.3, 0.4) is 0 Å². The number of methoxy groups -OCH3 is 1. The molecule has 1 saturated heterocycles. The average molecular weight is 298 g/mol. The fourth-order valence-corrected chi connectivity index (χ4v) is 4.96. The predicted molar refractivity (Wildman–Crippen MR) is 72.2 cm³/mol. The van der Waals surface area contributed by atoms with Crippen molar-refractivity contribution in [2.75, 3.05) is 18.6 Å². The quantitative estimate of drug-likeness (QED) is 0.756. The lowest BCUT2D eigenvalue weighted by Crippen LogP contribution is -2.28. The molecule has 2 atom stereocenters. The SMILES string of the molecule is COC(=O)C1CCCc2cnc(C3CCS(=O)(=O)C3)n21. The van der Waals surface area contributed by atoms with Gasteiger partial charge in [-0.25, -0.2) is 18.2 Å². The molecule has 110 valence electrons. The molecule has 1 aromatic heterocycles. The lowest BCUT2D eigenvalue weighted by atomic mass is 10.0. The molecule has 0 bridgehead atoms. The number of imidazole rings is 1. The third-order valence-corrected chi connectivity index (χ3v) is 5.96. The van der Waals surface area contributed by atoms with E-state index in [2.05, 4.69) is 4.98 Å². The van der Waals surface area contributed by atoms with Crippen molar-refractivity contribution in [3.8, 4) is 0 Å². The Bertz CT molecular complexity index is 635. The van der Waals surface area contributed by atoms with Gasteiger partial charge in [0.2, 0.25) is 0 Å². The van der Waals surface area contributed by atoms with Crippen LogP contribution in [-0.4, -0.2) is 42.6 Å². The van der Waals surface area contributed by atoms with Gasteiger partial charge >= 0.3 is 5.97 Å². The summed E-state index contributed by atoms with van der Waals surface area (Å²) in [5.74, 6) is 0.710. The maximum Gasteiger partial charge on any atom is 0.328 e. The monoisotopic (exact) mass is 298 g/mol. The number of sulfone groups is 1. The number of esters is 1. The van der Waals surface area contributed by atoms with Crippen molar-refractivity contribution in [3.05, 3.63) is 17.7 Å². The molecule has 0 N–H and O–H groups in total. The van der Waals surface area contributed by atoms with Gasteiger partial charge in [0.25, 0.3) is 0 Å². The van der Waals surface area contributed by atoms with Crippen LogP contribution in [0, 0.1) is 0 Å². The fourth-order valence-electron chi connectivity index (χ4n) is 3.22. The molecule has 1 fully saturated rings. The number of nitrogens with zero attached hydrogens (tertiary/aromatic N) is 2. The Morgan fingerprint density at radius 1 is 1.45 bits per heavy atom. The Morgan fingerprint density at radius 3 is 2.90 bits per heavy atom. The van der Waals surface area contributed by atoms with Crippen molar-refractivity contribution in [1.82, 2.24) is 9.55 Å². The van der Waals surface area contributed by atoms with Gasteiger partial charge in [0.1, 0.15) is 11.9 Å². The summed E-state index contributed by atoms with van der Waals surface area (Å²) in [7, 11) is -1.58. The standard InChI is InChI=1S/C13H18N2O4S/c1-19-13(16)11-4-2-3-10-7-14-12(15(10)11)9-5-6-20(17,18)8-9/h7,9,11H,2-6,8H2,1H3. The summed E-state index contributed by atoms with van der Waals surface area (Å²) in [4.78, 5) is 16.3. The molecule has 3 heterocycles. The lowest BCUT2D eigenvalue weighted by molar-refractivity contribution is -0.145. The minimum absolute atomic E-state index is 0.0981. The first-order valence-corrected chi connectivity index (χ1v) is 8.68. The van der Waals surface area contributed by atoms with Crippen LogP contribution >= 0.6 is 0 Å². The topological polar surface area (TPSA) is 78.3 Å². The summed E-state index contributed by atoms with van der Waals surface area (Å²) in [6.45, 7) is 0. The smallest absolute Gasteiger partial charge is 0.328 e. The van der Waals surface area contributed by atoms with Crippen molar-refractivity contribution in [2.24, 2.45) is 0 Å². The van der Waals surface area contributed by atoms with Crippen LogP contribution in [0.1, 0.15) is 42.7 Å². The van der Waals surface area contributed by atoms with E-state index in [1.807, 2.05) is 4.57 Å². The summed E-state index contributed by atoms with van der Waals surface area (Å²) in [5, 5.41) is 0. The second-order valence-corrected chi connectivity index (χ2v) is 7.74. The average Bonchev–Trinajstić information content (AvgIpc) is 3.00. The second kappa shape index (κ2) is 4.87. The van der Waals surface area contributed by atoms with Gasteiger partial charge in [-0.2, -0.15) is 0 Å². The highest BCUT2D eigenvalue weighted by Gasteiger charge is 2.36. The van der Waals surface area contributed by atoms with E-state index in [1.54, 1.807) is 6.20 Å². The zero-order valence-corrected chi connectivity index (χ0v) is 12.2. The summed E-state index contributed by atoms with van der Waals surface area (Å²) in [6.07, 6.45) is 4.89. The molecule has 2 aliphatic heterocycles. The minimum Gasteiger partial charge on any atom is -0.467 e. The number of rotatable bonds is 2. The number of fused-ring (bicyclic) bond motifs is 1. The van der Waals surface area contributed by atoms with Crippen molar-refractivity contribution in [2.45, 2.75) is 37.6 Å². The van der Waals surface area contributed by atoms with Crippen LogP contribution in [-0.2, 0) is 25.8 Å². The molecule has 3 rings (SSSR count). The van der Waals surface area contributed by atoms with Gasteiger partial charge in [0, 0.05) is 17.8 Å². The normalized spacial score (nSPS) is 28.1. The van der Waals surface area contributed by atoms with E-state index < -0.39 is 9.84 Å². The molecule has 0 aromatic carbocycles. The van der Waals surface area contributed by atoms with Crippen molar-refractivity contribution >= 4 is 15.8 Å². The zero-order valence-electron chi connectivity index (χ0n) is 11.4. The number of hydrogen-bond donors (Lipinski definition) is 0. The first kappa shape index (κ1) is 13.6. The number of carbonyl (C=O) groups is 1. The largest absolute Gasteiger partial charge is 0.467 e. The summed E-state index contributed by atoms with van der Waals surface area (Å²) in [6, 6.07) is -0.357. The van der Waals surface area contributed by atoms with Crippen LogP contribution in [0.25, 0.3) is 0 Å². The highest BCUT2D eigenvalue weighted by Crippen LogP contribution is 2.34. The molecule has 2 unspecified atom stereocenters. The maximum absolute atomic E-state index is 11.9. The molecule has 0 spiro atoms. The maximum atomic E-state index is 11.9. The lowest BCUT2D eigenvalue weighted by Gasteiger charge is -2.26.